The van der Waals surface area contributed by atoms with Gasteiger partial charge in [0.25, 0.3) is 0 Å². The quantitative estimate of drug-likeness (QED) is 0.606. The highest BCUT2D eigenvalue weighted by atomic mass is 16.5. The fourth-order valence-electron chi connectivity index (χ4n) is 0.761. The molecule has 1 aromatic heterocycles. The van der Waals surface area contributed by atoms with Crippen LogP contribution in [-0.4, -0.2) is 16.6 Å². The maximum absolute atomic E-state index is 8.30. The van der Waals surface area contributed by atoms with E-state index in [-0.39, 0.29) is 0 Å². The number of carbonyl (C=O) groups excluding carboxylic acids is 1. The first-order chi connectivity index (χ1) is 5.34. The average Bonchev–Trinajstić information content (AvgIpc) is 2.42. The lowest BCUT2D eigenvalue weighted by Gasteiger charge is -1.98. The molecule has 1 rings (SSSR count). The molecule has 0 aliphatic rings. The van der Waals surface area contributed by atoms with Crippen LogP contribution in [0.3, 0.4) is 0 Å². The van der Waals surface area contributed by atoms with Crippen LogP contribution in [0, 0.1) is 0 Å². The van der Waals surface area contributed by atoms with E-state index in [1.165, 1.54) is 0 Å². The standard InChI is InChI=1S/C6H10N2O.CH2O/c1-8-4-2-3-6(8)5-7-9;1-2/h2-4,7,9H,5H2,1H3;1H2. The van der Waals surface area contributed by atoms with E-state index in [1.807, 2.05) is 36.7 Å². The normalized spacial score (nSPS) is 8.55. The van der Waals surface area contributed by atoms with Gasteiger partial charge >= 0.3 is 0 Å². The van der Waals surface area contributed by atoms with Crippen molar-refractivity contribution in [3.8, 4) is 0 Å². The highest BCUT2D eigenvalue weighted by molar-refractivity contribution is 5.11. The van der Waals surface area contributed by atoms with Crippen molar-refractivity contribution >= 4 is 6.79 Å². The molecule has 11 heavy (non-hydrogen) atoms. The van der Waals surface area contributed by atoms with Crippen LogP contribution in [0.15, 0.2) is 18.3 Å². The summed E-state index contributed by atoms with van der Waals surface area (Å²) in [6, 6.07) is 3.88. The molecule has 4 nitrogen and oxygen atoms in total. The molecule has 2 N–H and O–H groups in total. The summed E-state index contributed by atoms with van der Waals surface area (Å²) in [5.41, 5.74) is 3.16. The van der Waals surface area contributed by atoms with E-state index in [0.29, 0.717) is 6.54 Å². The van der Waals surface area contributed by atoms with Crippen LogP contribution in [0.25, 0.3) is 0 Å². The molecule has 0 saturated heterocycles. The Morgan fingerprint density at radius 1 is 1.73 bits per heavy atom. The first kappa shape index (κ1) is 9.87. The Morgan fingerprint density at radius 2 is 2.36 bits per heavy atom. The molecule has 0 aliphatic heterocycles. The van der Waals surface area contributed by atoms with Crippen LogP contribution in [0.4, 0.5) is 0 Å². The molecule has 62 valence electrons. The van der Waals surface area contributed by atoms with E-state index in [0.717, 1.165) is 5.69 Å². The molecule has 0 aromatic carbocycles. The zero-order valence-electron chi connectivity index (χ0n) is 6.45. The second-order valence-corrected chi connectivity index (χ2v) is 1.95. The fourth-order valence-corrected chi connectivity index (χ4v) is 0.761. The van der Waals surface area contributed by atoms with Crippen molar-refractivity contribution < 1.29 is 10.0 Å². The van der Waals surface area contributed by atoms with Crippen LogP contribution in [-0.2, 0) is 18.4 Å². The molecular weight excluding hydrogens is 144 g/mol. The molecule has 0 unspecified atom stereocenters. The summed E-state index contributed by atoms with van der Waals surface area (Å²) < 4.78 is 1.95. The highest BCUT2D eigenvalue weighted by Gasteiger charge is 1.92. The Hall–Kier alpha value is -1.13. The van der Waals surface area contributed by atoms with Gasteiger partial charge in [0.2, 0.25) is 0 Å². The van der Waals surface area contributed by atoms with E-state index < -0.39 is 0 Å². The molecule has 0 saturated carbocycles. The van der Waals surface area contributed by atoms with Crippen LogP contribution in [0.1, 0.15) is 5.69 Å². The number of hydrogen-bond donors (Lipinski definition) is 2. The predicted octanol–water partition coefficient (Wildman–Crippen LogP) is 0.319. The van der Waals surface area contributed by atoms with Crippen LogP contribution in [0.2, 0.25) is 0 Å². The van der Waals surface area contributed by atoms with Gasteiger partial charge in [-0.3, -0.25) is 0 Å². The van der Waals surface area contributed by atoms with Crippen LogP contribution >= 0.6 is 0 Å². The monoisotopic (exact) mass is 156 g/mol. The number of nitrogens with one attached hydrogen (secondary N) is 1. The predicted molar refractivity (Wildman–Crippen MR) is 41.2 cm³/mol. The summed E-state index contributed by atoms with van der Waals surface area (Å²) in [4.78, 5) is 8.00. The Morgan fingerprint density at radius 3 is 2.73 bits per heavy atom. The van der Waals surface area contributed by atoms with Gasteiger partial charge in [0.15, 0.2) is 0 Å². The molecule has 0 fully saturated rings. The van der Waals surface area contributed by atoms with E-state index in [9.17, 15) is 0 Å². The number of hydrogen-bond acceptors (Lipinski definition) is 3. The molecule has 4 heteroatoms. The third-order valence-electron chi connectivity index (χ3n) is 1.31. The van der Waals surface area contributed by atoms with Gasteiger partial charge in [-0.15, -0.1) is 0 Å². The number of hydroxylamine groups is 1. The van der Waals surface area contributed by atoms with Crippen molar-refractivity contribution in [3.63, 3.8) is 0 Å². The molecule has 0 amide bonds. The Kier molecular flexibility index (Phi) is 5.06. The third-order valence-corrected chi connectivity index (χ3v) is 1.31. The van der Waals surface area contributed by atoms with Crippen LogP contribution < -0.4 is 5.48 Å². The molecule has 0 aliphatic carbocycles. The molecule has 0 spiro atoms. The van der Waals surface area contributed by atoms with Crippen molar-refractivity contribution in [2.24, 2.45) is 7.05 Å². The first-order valence-electron chi connectivity index (χ1n) is 3.10. The minimum Gasteiger partial charge on any atom is -0.353 e. The zero-order valence-corrected chi connectivity index (χ0v) is 6.45. The summed E-state index contributed by atoms with van der Waals surface area (Å²) in [5, 5.41) is 8.30. The maximum atomic E-state index is 8.30. The second kappa shape index (κ2) is 5.64. The molecule has 0 atom stereocenters. The van der Waals surface area contributed by atoms with Gasteiger partial charge in [-0.1, -0.05) is 0 Å². The van der Waals surface area contributed by atoms with E-state index in [4.69, 9.17) is 10.0 Å². The third kappa shape index (κ3) is 2.97. The van der Waals surface area contributed by atoms with E-state index in [1.54, 1.807) is 0 Å². The smallest absolute Gasteiger partial charge is 0.106 e. The van der Waals surface area contributed by atoms with E-state index in [2.05, 4.69) is 5.48 Å². The number of aryl methyl sites for hydroxylation is 1. The second-order valence-electron chi connectivity index (χ2n) is 1.95. The topological polar surface area (TPSA) is 54.3 Å². The van der Waals surface area contributed by atoms with Gasteiger partial charge in [0, 0.05) is 18.9 Å². The largest absolute Gasteiger partial charge is 0.353 e. The van der Waals surface area contributed by atoms with Gasteiger partial charge in [0.05, 0.1) is 6.54 Å². The minimum atomic E-state index is 0.503. The molecular formula is C7H12N2O2. The van der Waals surface area contributed by atoms with Gasteiger partial charge in [0.1, 0.15) is 6.79 Å². The minimum absolute atomic E-state index is 0.503. The van der Waals surface area contributed by atoms with Crippen molar-refractivity contribution in [1.82, 2.24) is 10.0 Å². The zero-order chi connectivity index (χ0) is 8.69. The van der Waals surface area contributed by atoms with Crippen molar-refractivity contribution in [2.75, 3.05) is 0 Å². The summed E-state index contributed by atoms with van der Waals surface area (Å²) in [7, 11) is 1.94. The summed E-state index contributed by atoms with van der Waals surface area (Å²) in [6.07, 6.45) is 1.94. The summed E-state index contributed by atoms with van der Waals surface area (Å²) in [5.74, 6) is 0. The van der Waals surface area contributed by atoms with Crippen molar-refractivity contribution in [3.05, 3.63) is 24.0 Å². The number of rotatable bonds is 2. The van der Waals surface area contributed by atoms with Gasteiger partial charge < -0.3 is 14.6 Å². The lowest BCUT2D eigenvalue weighted by atomic mass is 10.4. The lowest BCUT2D eigenvalue weighted by Crippen LogP contribution is -2.09. The van der Waals surface area contributed by atoms with Gasteiger partial charge in [-0.05, 0) is 12.1 Å². The van der Waals surface area contributed by atoms with Gasteiger partial charge in [-0.2, -0.15) is 5.48 Å². The Bertz CT molecular complexity index is 198. The number of carbonyl (C=O) groups is 1. The Balaban J connectivity index is 0.000000461. The highest BCUT2D eigenvalue weighted by Crippen LogP contribution is 1.96. The molecule has 1 aromatic rings. The summed E-state index contributed by atoms with van der Waals surface area (Å²) in [6.45, 7) is 2.50. The van der Waals surface area contributed by atoms with E-state index >= 15 is 0 Å². The van der Waals surface area contributed by atoms with Crippen molar-refractivity contribution in [1.29, 1.82) is 0 Å². The molecule has 0 bridgehead atoms. The Labute approximate surface area is 65.4 Å². The molecule has 1 heterocycles. The number of nitrogens with zero attached hydrogens (tertiary/aromatic N) is 1. The summed E-state index contributed by atoms with van der Waals surface area (Å²) >= 11 is 0. The average molecular weight is 156 g/mol. The maximum Gasteiger partial charge on any atom is 0.106 e. The first-order valence-corrected chi connectivity index (χ1v) is 3.10. The lowest BCUT2D eigenvalue weighted by molar-refractivity contribution is -0.0979. The SMILES string of the molecule is C=O.Cn1cccc1CNO. The number of aromatic nitrogens is 1. The fraction of sp³-hybridized carbons (Fsp3) is 0.286. The van der Waals surface area contributed by atoms with Gasteiger partial charge in [-0.25, -0.2) is 0 Å². The van der Waals surface area contributed by atoms with Crippen molar-refractivity contribution in [2.45, 2.75) is 6.54 Å². The molecule has 0 radical (unpaired) electrons. The van der Waals surface area contributed by atoms with Crippen LogP contribution in [0.5, 0.6) is 0 Å².